The van der Waals surface area contributed by atoms with Crippen molar-refractivity contribution < 1.29 is 9.84 Å². The molecule has 0 radical (unpaired) electrons. The lowest BCUT2D eigenvalue weighted by Gasteiger charge is -2.41. The Balaban J connectivity index is 1.28. The molecule has 1 saturated heterocycles. The summed E-state index contributed by atoms with van der Waals surface area (Å²) in [6.45, 7) is 12.1. The summed E-state index contributed by atoms with van der Waals surface area (Å²) in [7, 11) is 0. The van der Waals surface area contributed by atoms with Crippen molar-refractivity contribution in [2.24, 2.45) is 11.3 Å². The smallest absolute Gasteiger partial charge is 0.0900 e. The summed E-state index contributed by atoms with van der Waals surface area (Å²) in [4.78, 5) is 4.97. The standard InChI is InChI=1S/C29H42N2O2/c1-23-18-27(20-29(2,3)19-23)33-22-26(32)21-30-14-16-31(17-15-30)28(24-10-6-4-7-11-24)25-12-8-5-9-13-25/h4-13,23,26-28,32H,14-22H2,1-3H3/t23-,26+,27+/m0/s1. The van der Waals surface area contributed by atoms with E-state index in [1.807, 2.05) is 0 Å². The number of aliphatic hydroxyl groups is 1. The van der Waals surface area contributed by atoms with Gasteiger partial charge in [0.25, 0.3) is 0 Å². The Bertz CT molecular complexity index is 794. The van der Waals surface area contributed by atoms with Crippen molar-refractivity contribution in [2.45, 2.75) is 58.3 Å². The molecule has 4 rings (SSSR count). The van der Waals surface area contributed by atoms with Crippen LogP contribution in [0.4, 0.5) is 0 Å². The molecular weight excluding hydrogens is 408 g/mol. The predicted octanol–water partition coefficient (Wildman–Crippen LogP) is 4.99. The summed E-state index contributed by atoms with van der Waals surface area (Å²) in [6, 6.07) is 21.9. The van der Waals surface area contributed by atoms with E-state index >= 15 is 0 Å². The number of hydrogen-bond donors (Lipinski definition) is 1. The molecule has 0 aromatic heterocycles. The van der Waals surface area contributed by atoms with E-state index < -0.39 is 6.10 Å². The average molecular weight is 451 g/mol. The van der Waals surface area contributed by atoms with E-state index in [4.69, 9.17) is 4.74 Å². The summed E-state index contributed by atoms with van der Waals surface area (Å²) in [5.41, 5.74) is 3.03. The van der Waals surface area contributed by atoms with Crippen LogP contribution >= 0.6 is 0 Å². The maximum absolute atomic E-state index is 10.7. The van der Waals surface area contributed by atoms with E-state index in [1.165, 1.54) is 17.5 Å². The first-order chi connectivity index (χ1) is 15.9. The van der Waals surface area contributed by atoms with E-state index in [0.717, 1.165) is 39.0 Å². The van der Waals surface area contributed by atoms with Gasteiger partial charge in [-0.3, -0.25) is 9.80 Å². The van der Waals surface area contributed by atoms with E-state index in [-0.39, 0.29) is 12.1 Å². The Morgan fingerprint density at radius 3 is 2.03 bits per heavy atom. The lowest BCUT2D eigenvalue weighted by molar-refractivity contribution is -0.0636. The highest BCUT2D eigenvalue weighted by atomic mass is 16.5. The van der Waals surface area contributed by atoms with Crippen molar-refractivity contribution in [3.8, 4) is 0 Å². The van der Waals surface area contributed by atoms with Gasteiger partial charge in [-0.2, -0.15) is 0 Å². The average Bonchev–Trinajstić information content (AvgIpc) is 2.79. The highest BCUT2D eigenvalue weighted by Gasteiger charge is 2.33. The molecule has 0 bridgehead atoms. The number of ether oxygens (including phenoxy) is 1. The number of benzene rings is 2. The Hall–Kier alpha value is -1.72. The van der Waals surface area contributed by atoms with Gasteiger partial charge in [0.2, 0.25) is 0 Å². The van der Waals surface area contributed by atoms with Gasteiger partial charge in [0.1, 0.15) is 0 Å². The summed E-state index contributed by atoms with van der Waals surface area (Å²) < 4.78 is 6.18. The number of hydrogen-bond acceptors (Lipinski definition) is 4. The van der Waals surface area contributed by atoms with E-state index in [2.05, 4.69) is 91.2 Å². The molecule has 2 aromatic carbocycles. The molecule has 4 nitrogen and oxygen atoms in total. The molecule has 2 aromatic rings. The zero-order valence-electron chi connectivity index (χ0n) is 20.7. The van der Waals surface area contributed by atoms with Gasteiger partial charge in [-0.1, -0.05) is 81.4 Å². The fraction of sp³-hybridized carbons (Fsp3) is 0.586. The third-order valence-electron chi connectivity index (χ3n) is 7.34. The van der Waals surface area contributed by atoms with Crippen molar-refractivity contribution in [1.29, 1.82) is 0 Å². The lowest BCUT2D eigenvalue weighted by atomic mass is 9.71. The maximum atomic E-state index is 10.7. The van der Waals surface area contributed by atoms with Gasteiger partial charge in [0.15, 0.2) is 0 Å². The van der Waals surface area contributed by atoms with Crippen molar-refractivity contribution in [3.63, 3.8) is 0 Å². The molecule has 0 unspecified atom stereocenters. The van der Waals surface area contributed by atoms with Gasteiger partial charge < -0.3 is 9.84 Å². The quantitative estimate of drug-likeness (QED) is 0.615. The highest BCUT2D eigenvalue weighted by Crippen LogP contribution is 2.39. The van der Waals surface area contributed by atoms with Gasteiger partial charge in [0.05, 0.1) is 24.9 Å². The number of β-amino-alcohol motifs (C(OH)–C–C–N with tert-alkyl or cyclic N) is 1. The second kappa shape index (κ2) is 11.1. The molecule has 1 N–H and O–H groups in total. The summed E-state index contributed by atoms with van der Waals surface area (Å²) >= 11 is 0. The first-order valence-electron chi connectivity index (χ1n) is 12.8. The van der Waals surface area contributed by atoms with Crippen LogP contribution in [-0.4, -0.2) is 66.4 Å². The van der Waals surface area contributed by atoms with Crippen LogP contribution < -0.4 is 0 Å². The second-order valence-electron chi connectivity index (χ2n) is 11.1. The molecule has 1 aliphatic heterocycles. The Kier molecular flexibility index (Phi) is 8.24. The zero-order valence-corrected chi connectivity index (χ0v) is 20.7. The molecule has 33 heavy (non-hydrogen) atoms. The van der Waals surface area contributed by atoms with Crippen molar-refractivity contribution in [2.75, 3.05) is 39.3 Å². The minimum Gasteiger partial charge on any atom is -0.389 e. The molecule has 1 heterocycles. The summed E-state index contributed by atoms with van der Waals surface area (Å²) in [5.74, 6) is 0.700. The monoisotopic (exact) mass is 450 g/mol. The Morgan fingerprint density at radius 2 is 1.48 bits per heavy atom. The summed E-state index contributed by atoms with van der Waals surface area (Å²) in [6.07, 6.45) is 3.36. The van der Waals surface area contributed by atoms with Crippen LogP contribution in [-0.2, 0) is 4.74 Å². The zero-order chi connectivity index (χ0) is 23.3. The molecule has 3 atom stereocenters. The van der Waals surface area contributed by atoms with E-state index in [1.54, 1.807) is 0 Å². The molecule has 0 spiro atoms. The van der Waals surface area contributed by atoms with Crippen LogP contribution in [0.25, 0.3) is 0 Å². The maximum Gasteiger partial charge on any atom is 0.0900 e. The van der Waals surface area contributed by atoms with Crippen LogP contribution in [0.1, 0.15) is 57.2 Å². The topological polar surface area (TPSA) is 35.9 Å². The fourth-order valence-corrected chi connectivity index (χ4v) is 6.07. The van der Waals surface area contributed by atoms with Gasteiger partial charge in [-0.15, -0.1) is 0 Å². The molecule has 4 heteroatoms. The minimum atomic E-state index is -0.420. The van der Waals surface area contributed by atoms with Crippen LogP contribution in [0.5, 0.6) is 0 Å². The van der Waals surface area contributed by atoms with Gasteiger partial charge in [0, 0.05) is 32.7 Å². The third-order valence-corrected chi connectivity index (χ3v) is 7.34. The second-order valence-corrected chi connectivity index (χ2v) is 11.1. The number of piperazine rings is 1. The highest BCUT2D eigenvalue weighted by molar-refractivity contribution is 5.31. The minimum absolute atomic E-state index is 0.277. The van der Waals surface area contributed by atoms with E-state index in [0.29, 0.717) is 24.5 Å². The largest absolute Gasteiger partial charge is 0.389 e. The molecule has 180 valence electrons. The van der Waals surface area contributed by atoms with Gasteiger partial charge in [-0.25, -0.2) is 0 Å². The molecule has 0 amide bonds. The number of aliphatic hydroxyl groups excluding tert-OH is 1. The molecule has 2 aliphatic rings. The normalized spacial score (nSPS) is 25.2. The van der Waals surface area contributed by atoms with Crippen molar-refractivity contribution in [3.05, 3.63) is 71.8 Å². The SMILES string of the molecule is C[C@H]1C[C@@H](OC[C@H](O)CN2CCN(C(c3ccccc3)c3ccccc3)CC2)CC(C)(C)C1. The Morgan fingerprint density at radius 1 is 0.909 bits per heavy atom. The molecule has 2 fully saturated rings. The van der Waals surface area contributed by atoms with Crippen molar-refractivity contribution >= 4 is 0 Å². The summed E-state index contributed by atoms with van der Waals surface area (Å²) in [5, 5.41) is 10.7. The van der Waals surface area contributed by atoms with Crippen LogP contribution in [0.2, 0.25) is 0 Å². The van der Waals surface area contributed by atoms with E-state index in [9.17, 15) is 5.11 Å². The van der Waals surface area contributed by atoms with Gasteiger partial charge >= 0.3 is 0 Å². The molecular formula is C29H42N2O2. The lowest BCUT2D eigenvalue weighted by Crippen LogP contribution is -2.50. The van der Waals surface area contributed by atoms with Crippen molar-refractivity contribution in [1.82, 2.24) is 9.80 Å². The third kappa shape index (κ3) is 6.89. The molecule has 1 saturated carbocycles. The first kappa shape index (κ1) is 24.4. The molecule has 1 aliphatic carbocycles. The number of rotatable bonds is 8. The van der Waals surface area contributed by atoms with Crippen LogP contribution in [0.15, 0.2) is 60.7 Å². The Labute approximate surface area is 200 Å². The van der Waals surface area contributed by atoms with Crippen LogP contribution in [0, 0.1) is 11.3 Å². The van der Waals surface area contributed by atoms with Crippen LogP contribution in [0.3, 0.4) is 0 Å². The predicted molar refractivity (Wildman–Crippen MR) is 135 cm³/mol. The van der Waals surface area contributed by atoms with Gasteiger partial charge in [-0.05, 0) is 41.7 Å². The first-order valence-corrected chi connectivity index (χ1v) is 12.8. The number of nitrogens with zero attached hydrogens (tertiary/aromatic N) is 2. The fourth-order valence-electron chi connectivity index (χ4n) is 6.07.